The average molecular weight is 378 g/mol. The molecule has 0 unspecified atom stereocenters. The van der Waals surface area contributed by atoms with Crippen molar-refractivity contribution in [2.75, 3.05) is 13.6 Å². The Hall–Kier alpha value is -2.25. The Morgan fingerprint density at radius 3 is 2.42 bits per heavy atom. The summed E-state index contributed by atoms with van der Waals surface area (Å²) in [6.07, 6.45) is 0.556. The fourth-order valence-electron chi connectivity index (χ4n) is 2.32. The van der Waals surface area contributed by atoms with Crippen molar-refractivity contribution in [3.63, 3.8) is 0 Å². The molecule has 0 saturated carbocycles. The molecule has 0 aliphatic carbocycles. The zero-order valence-electron chi connectivity index (χ0n) is 15.1. The Balaban J connectivity index is 2.04. The summed E-state index contributed by atoms with van der Waals surface area (Å²) in [7, 11) is -2.13. The number of carbonyl (C=O) groups excluding carboxylic acids is 1. The summed E-state index contributed by atoms with van der Waals surface area (Å²) in [5.74, 6) is -0.654. The van der Waals surface area contributed by atoms with Gasteiger partial charge in [0.05, 0.1) is 4.90 Å². The molecule has 0 fully saturated rings. The molecule has 1 amide bonds. The van der Waals surface area contributed by atoms with Crippen LogP contribution in [0.5, 0.6) is 0 Å². The Morgan fingerprint density at radius 2 is 1.81 bits per heavy atom. The van der Waals surface area contributed by atoms with E-state index < -0.39 is 10.0 Å². The van der Waals surface area contributed by atoms with E-state index in [0.29, 0.717) is 13.0 Å². The summed E-state index contributed by atoms with van der Waals surface area (Å²) in [6.45, 7) is 3.93. The molecule has 0 aromatic heterocycles. The van der Waals surface area contributed by atoms with Crippen LogP contribution in [0, 0.1) is 5.82 Å². The molecule has 0 spiro atoms. The lowest BCUT2D eigenvalue weighted by atomic mass is 10.1. The first-order chi connectivity index (χ1) is 12.2. The largest absolute Gasteiger partial charge is 0.352 e. The lowest BCUT2D eigenvalue weighted by molar-refractivity contribution is 0.0954. The number of hydrogen-bond acceptors (Lipinski definition) is 3. The summed E-state index contributed by atoms with van der Waals surface area (Å²) in [5.41, 5.74) is 1.18. The number of halogens is 1. The van der Waals surface area contributed by atoms with E-state index in [1.807, 2.05) is 0 Å². The number of nitrogens with one attached hydrogen (secondary N) is 1. The fourth-order valence-corrected chi connectivity index (χ4v) is 3.73. The average Bonchev–Trinajstić information content (AvgIpc) is 2.62. The van der Waals surface area contributed by atoms with Gasteiger partial charge in [-0.3, -0.25) is 4.79 Å². The van der Waals surface area contributed by atoms with Gasteiger partial charge in [0.25, 0.3) is 5.91 Å². The molecule has 0 saturated heterocycles. The first kappa shape index (κ1) is 20.1. The molecule has 26 heavy (non-hydrogen) atoms. The number of benzene rings is 2. The van der Waals surface area contributed by atoms with Crippen molar-refractivity contribution in [3.05, 3.63) is 65.5 Å². The predicted octanol–water partition coefficient (Wildman–Crippen LogP) is 2.83. The van der Waals surface area contributed by atoms with E-state index in [2.05, 4.69) is 5.32 Å². The monoisotopic (exact) mass is 378 g/mol. The van der Waals surface area contributed by atoms with Crippen molar-refractivity contribution in [1.82, 2.24) is 9.62 Å². The number of rotatable bonds is 7. The first-order valence-corrected chi connectivity index (χ1v) is 9.76. The SMILES string of the molecule is CC(C)N(C)S(=O)(=O)c1cccc(C(=O)NCCc2ccc(F)cc2)c1. The number of nitrogens with zero attached hydrogens (tertiary/aromatic N) is 1. The summed E-state index contributed by atoms with van der Waals surface area (Å²) < 4.78 is 39.2. The predicted molar refractivity (Wildman–Crippen MR) is 99.0 cm³/mol. The Morgan fingerprint density at radius 1 is 1.15 bits per heavy atom. The summed E-state index contributed by atoms with van der Waals surface area (Å²) >= 11 is 0. The van der Waals surface area contributed by atoms with Crippen LogP contribution in [0.4, 0.5) is 4.39 Å². The molecule has 7 heteroatoms. The minimum Gasteiger partial charge on any atom is -0.352 e. The molecular weight excluding hydrogens is 355 g/mol. The van der Waals surface area contributed by atoms with Gasteiger partial charge in [-0.25, -0.2) is 12.8 Å². The Kier molecular flexibility index (Phi) is 6.50. The molecule has 0 radical (unpaired) electrons. The van der Waals surface area contributed by atoms with E-state index in [1.165, 1.54) is 35.6 Å². The molecule has 1 N–H and O–H groups in total. The van der Waals surface area contributed by atoms with Gasteiger partial charge in [-0.05, 0) is 56.2 Å². The normalized spacial score (nSPS) is 11.8. The third-order valence-corrected chi connectivity index (χ3v) is 6.14. The molecule has 140 valence electrons. The van der Waals surface area contributed by atoms with Crippen LogP contribution in [0.3, 0.4) is 0 Å². The van der Waals surface area contributed by atoms with Gasteiger partial charge in [0.2, 0.25) is 10.0 Å². The van der Waals surface area contributed by atoms with Crippen LogP contribution in [0.25, 0.3) is 0 Å². The zero-order valence-corrected chi connectivity index (χ0v) is 15.9. The molecule has 2 aromatic carbocycles. The molecule has 2 aromatic rings. The highest BCUT2D eigenvalue weighted by atomic mass is 32.2. The topological polar surface area (TPSA) is 66.5 Å². The van der Waals surface area contributed by atoms with Crippen LogP contribution in [0.15, 0.2) is 53.4 Å². The van der Waals surface area contributed by atoms with Crippen molar-refractivity contribution >= 4 is 15.9 Å². The highest BCUT2D eigenvalue weighted by Gasteiger charge is 2.23. The highest BCUT2D eigenvalue weighted by Crippen LogP contribution is 2.18. The van der Waals surface area contributed by atoms with Crippen molar-refractivity contribution in [2.24, 2.45) is 0 Å². The van der Waals surface area contributed by atoms with E-state index in [4.69, 9.17) is 0 Å². The Labute approximate surface area is 153 Å². The molecule has 5 nitrogen and oxygen atoms in total. The van der Waals surface area contributed by atoms with Gasteiger partial charge in [-0.1, -0.05) is 18.2 Å². The number of sulfonamides is 1. The molecule has 2 rings (SSSR count). The van der Waals surface area contributed by atoms with Gasteiger partial charge < -0.3 is 5.32 Å². The molecule has 0 atom stereocenters. The third kappa shape index (κ3) is 4.89. The molecule has 0 aliphatic rings. The van der Waals surface area contributed by atoms with E-state index in [0.717, 1.165) is 5.56 Å². The smallest absolute Gasteiger partial charge is 0.251 e. The van der Waals surface area contributed by atoms with Gasteiger partial charge in [-0.15, -0.1) is 0 Å². The zero-order chi connectivity index (χ0) is 19.3. The lowest BCUT2D eigenvalue weighted by Gasteiger charge is -2.21. The van der Waals surface area contributed by atoms with E-state index in [1.54, 1.807) is 38.1 Å². The molecule has 0 bridgehead atoms. The van der Waals surface area contributed by atoms with Crippen LogP contribution in [-0.2, 0) is 16.4 Å². The second kappa shape index (κ2) is 8.42. The maximum Gasteiger partial charge on any atom is 0.251 e. The summed E-state index contributed by atoms with van der Waals surface area (Å²) in [5, 5.41) is 2.75. The summed E-state index contributed by atoms with van der Waals surface area (Å²) in [4.78, 5) is 12.4. The van der Waals surface area contributed by atoms with Crippen LogP contribution in [-0.4, -0.2) is 38.3 Å². The minimum atomic E-state index is -3.64. The van der Waals surface area contributed by atoms with Crippen molar-refractivity contribution in [2.45, 2.75) is 31.2 Å². The number of hydrogen-bond donors (Lipinski definition) is 1. The lowest BCUT2D eigenvalue weighted by Crippen LogP contribution is -2.33. The highest BCUT2D eigenvalue weighted by molar-refractivity contribution is 7.89. The Bertz CT molecular complexity index is 865. The van der Waals surface area contributed by atoms with Crippen LogP contribution >= 0.6 is 0 Å². The number of amides is 1. The van der Waals surface area contributed by atoms with Crippen LogP contribution < -0.4 is 5.32 Å². The quantitative estimate of drug-likeness (QED) is 0.806. The third-order valence-electron chi connectivity index (χ3n) is 4.11. The number of carbonyl (C=O) groups is 1. The van der Waals surface area contributed by atoms with Crippen molar-refractivity contribution < 1.29 is 17.6 Å². The van der Waals surface area contributed by atoms with E-state index >= 15 is 0 Å². The standard InChI is InChI=1S/C19H23FN2O3S/c1-14(2)22(3)26(24,25)18-6-4-5-16(13-18)19(23)21-12-11-15-7-9-17(20)10-8-15/h4-10,13-14H,11-12H2,1-3H3,(H,21,23). The first-order valence-electron chi connectivity index (χ1n) is 8.32. The van der Waals surface area contributed by atoms with Gasteiger partial charge in [0.1, 0.15) is 5.82 Å². The van der Waals surface area contributed by atoms with Crippen LogP contribution in [0.2, 0.25) is 0 Å². The summed E-state index contributed by atoms with van der Waals surface area (Å²) in [6, 6.07) is 11.9. The molecule has 0 aliphatic heterocycles. The minimum absolute atomic E-state index is 0.0832. The van der Waals surface area contributed by atoms with Gasteiger partial charge in [-0.2, -0.15) is 4.31 Å². The van der Waals surface area contributed by atoms with Crippen LogP contribution in [0.1, 0.15) is 29.8 Å². The van der Waals surface area contributed by atoms with Gasteiger partial charge in [0, 0.05) is 25.2 Å². The second-order valence-corrected chi connectivity index (χ2v) is 8.27. The maximum absolute atomic E-state index is 12.9. The van der Waals surface area contributed by atoms with Crippen molar-refractivity contribution in [1.29, 1.82) is 0 Å². The van der Waals surface area contributed by atoms with Gasteiger partial charge in [0.15, 0.2) is 0 Å². The van der Waals surface area contributed by atoms with Crippen molar-refractivity contribution in [3.8, 4) is 0 Å². The van der Waals surface area contributed by atoms with E-state index in [9.17, 15) is 17.6 Å². The molecular formula is C19H23FN2O3S. The van der Waals surface area contributed by atoms with E-state index in [-0.39, 0.29) is 28.2 Å². The second-order valence-electron chi connectivity index (χ2n) is 6.28. The molecule has 0 heterocycles. The maximum atomic E-state index is 12.9. The fraction of sp³-hybridized carbons (Fsp3) is 0.316. The van der Waals surface area contributed by atoms with Gasteiger partial charge >= 0.3 is 0 Å².